The van der Waals surface area contributed by atoms with Gasteiger partial charge in [0.2, 0.25) is 0 Å². The van der Waals surface area contributed by atoms with E-state index in [1.54, 1.807) is 12.1 Å². The van der Waals surface area contributed by atoms with Crippen molar-refractivity contribution >= 4 is 29.7 Å². The minimum atomic E-state index is -1.23. The van der Waals surface area contributed by atoms with E-state index in [0.717, 1.165) is 10.5 Å². The second kappa shape index (κ2) is 9.94. The molecule has 0 aromatic heterocycles. The van der Waals surface area contributed by atoms with Crippen LogP contribution in [0.1, 0.15) is 54.0 Å². The Bertz CT molecular complexity index is 867. The number of benzene rings is 2. The lowest BCUT2D eigenvalue weighted by Gasteiger charge is -2.18. The molecule has 150 valence electrons. The number of carbonyl (C=O) groups excluding carboxylic acids is 1. The van der Waals surface area contributed by atoms with E-state index in [1.807, 2.05) is 45.9 Å². The molecule has 2 rings (SSSR count). The largest absolute Gasteiger partial charge is 0.478 e. The molecule has 0 saturated heterocycles. The van der Waals surface area contributed by atoms with E-state index < -0.39 is 11.9 Å². The average Bonchev–Trinajstić information content (AvgIpc) is 2.55. The number of carboxylic acids is 2. The lowest BCUT2D eigenvalue weighted by Crippen LogP contribution is -2.10. The van der Waals surface area contributed by atoms with E-state index in [2.05, 4.69) is 0 Å². The van der Waals surface area contributed by atoms with Crippen LogP contribution in [-0.2, 0) is 4.79 Å². The number of hydrogen-bond donors (Lipinski definition) is 2. The van der Waals surface area contributed by atoms with E-state index in [1.165, 1.54) is 30.8 Å². The molecule has 0 fully saturated rings. The number of esters is 1. The summed E-state index contributed by atoms with van der Waals surface area (Å²) in [6.07, 6.45) is 0. The molecular weight excluding hydrogens is 380 g/mol. The van der Waals surface area contributed by atoms with Gasteiger partial charge in [0.15, 0.2) is 0 Å². The normalized spacial score (nSPS) is 10.5. The lowest BCUT2D eigenvalue weighted by molar-refractivity contribution is -0.131. The quantitative estimate of drug-likeness (QED) is 0.425. The molecule has 0 aliphatic heterocycles. The van der Waals surface area contributed by atoms with Gasteiger partial charge in [-0.15, -0.1) is 11.8 Å². The van der Waals surface area contributed by atoms with Crippen LogP contribution in [-0.4, -0.2) is 32.9 Å². The molecule has 0 radical (unpaired) electrons. The zero-order valence-electron chi connectivity index (χ0n) is 16.5. The van der Waals surface area contributed by atoms with E-state index in [-0.39, 0.29) is 21.8 Å². The zero-order chi connectivity index (χ0) is 21.5. The van der Waals surface area contributed by atoms with E-state index >= 15 is 0 Å². The van der Waals surface area contributed by atoms with Crippen molar-refractivity contribution in [2.45, 2.75) is 44.3 Å². The Balaban J connectivity index is 0.000000307. The third-order valence-corrected chi connectivity index (χ3v) is 4.33. The molecule has 0 heterocycles. The number of rotatable bonds is 4. The van der Waals surface area contributed by atoms with Crippen molar-refractivity contribution in [3.05, 3.63) is 59.2 Å². The Morgan fingerprint density at radius 2 is 1.50 bits per heavy atom. The van der Waals surface area contributed by atoms with Gasteiger partial charge < -0.3 is 14.9 Å². The summed E-state index contributed by atoms with van der Waals surface area (Å²) in [6, 6.07) is 11.8. The zero-order valence-corrected chi connectivity index (χ0v) is 17.3. The molecule has 0 unspecified atom stereocenters. The van der Waals surface area contributed by atoms with E-state index in [0.29, 0.717) is 5.75 Å². The summed E-state index contributed by atoms with van der Waals surface area (Å²) in [6.45, 7) is 9.31. The summed E-state index contributed by atoms with van der Waals surface area (Å²) in [5, 5.41) is 17.8. The van der Waals surface area contributed by atoms with Crippen molar-refractivity contribution in [3.63, 3.8) is 0 Å². The van der Waals surface area contributed by atoms with Crippen molar-refractivity contribution < 1.29 is 29.3 Å². The number of aryl methyl sites for hydroxylation is 1. The number of aromatic carboxylic acids is 2. The summed E-state index contributed by atoms with van der Waals surface area (Å²) in [5.74, 6) is -2.09. The van der Waals surface area contributed by atoms with Crippen LogP contribution in [0.25, 0.3) is 0 Å². The highest BCUT2D eigenvalue weighted by molar-refractivity contribution is 8.00. The number of hydrogen-bond acceptors (Lipinski definition) is 5. The van der Waals surface area contributed by atoms with Crippen molar-refractivity contribution in [1.82, 2.24) is 0 Å². The van der Waals surface area contributed by atoms with Crippen molar-refractivity contribution in [2.75, 3.05) is 0 Å². The summed E-state index contributed by atoms with van der Waals surface area (Å²) in [4.78, 5) is 33.1. The fraction of sp³-hybridized carbons (Fsp3) is 0.286. The van der Waals surface area contributed by atoms with Crippen molar-refractivity contribution in [3.8, 4) is 5.75 Å². The fourth-order valence-electron chi connectivity index (χ4n) is 2.13. The Kier molecular flexibility index (Phi) is 8.25. The first kappa shape index (κ1) is 23.2. The molecule has 0 aliphatic rings. The van der Waals surface area contributed by atoms with Crippen LogP contribution in [0.4, 0.5) is 0 Å². The summed E-state index contributed by atoms with van der Waals surface area (Å²) < 4.78 is 4.85. The first-order valence-corrected chi connectivity index (χ1v) is 9.26. The van der Waals surface area contributed by atoms with Gasteiger partial charge in [-0.3, -0.25) is 4.79 Å². The molecular formula is C21H24O6S. The van der Waals surface area contributed by atoms with E-state index in [4.69, 9.17) is 14.9 Å². The minimum Gasteiger partial charge on any atom is -0.478 e. The molecule has 0 atom stereocenters. The number of ether oxygens (including phenoxy) is 1. The average molecular weight is 404 g/mol. The summed E-state index contributed by atoms with van der Waals surface area (Å²) in [7, 11) is 0. The third-order valence-electron chi connectivity index (χ3n) is 3.22. The molecule has 0 spiro atoms. The maximum absolute atomic E-state index is 11.0. The van der Waals surface area contributed by atoms with Crippen molar-refractivity contribution in [2.24, 2.45) is 0 Å². The maximum Gasteiger partial charge on any atom is 0.336 e. The monoisotopic (exact) mass is 404 g/mol. The standard InChI is InChI=1S/C12H14O4S.C9H10O2/c1-12(2,3)17-7-4-5-8(10(13)14)9(6-7)11(15)16;1-7-5-3-4-6-9(7)11-8(2)10/h4-6H,1-3H3,(H,13,14)(H,15,16);3-6H,1-2H3. The smallest absolute Gasteiger partial charge is 0.336 e. The van der Waals surface area contributed by atoms with Gasteiger partial charge in [0.05, 0.1) is 11.1 Å². The van der Waals surface area contributed by atoms with Crippen LogP contribution in [0.2, 0.25) is 0 Å². The Hall–Kier alpha value is -2.80. The van der Waals surface area contributed by atoms with Crippen LogP contribution in [0.3, 0.4) is 0 Å². The Morgan fingerprint density at radius 3 is 1.96 bits per heavy atom. The van der Waals surface area contributed by atoms with Crippen LogP contribution in [0, 0.1) is 6.92 Å². The predicted molar refractivity (Wildman–Crippen MR) is 108 cm³/mol. The molecule has 28 heavy (non-hydrogen) atoms. The molecule has 7 heteroatoms. The minimum absolute atomic E-state index is 0.0550. The highest BCUT2D eigenvalue weighted by Gasteiger charge is 2.19. The van der Waals surface area contributed by atoms with E-state index in [9.17, 15) is 14.4 Å². The lowest BCUT2D eigenvalue weighted by atomic mass is 10.1. The summed E-state index contributed by atoms with van der Waals surface area (Å²) >= 11 is 1.50. The first-order chi connectivity index (χ1) is 12.9. The molecule has 0 amide bonds. The van der Waals surface area contributed by atoms with Gasteiger partial charge in [0.1, 0.15) is 5.75 Å². The van der Waals surface area contributed by atoms with Gasteiger partial charge in [-0.05, 0) is 36.8 Å². The topological polar surface area (TPSA) is 101 Å². The SMILES string of the molecule is CC(=O)Oc1ccccc1C.CC(C)(C)Sc1ccc(C(=O)O)c(C(=O)O)c1. The van der Waals surface area contributed by atoms with Crippen LogP contribution in [0.15, 0.2) is 47.4 Å². The molecule has 0 aliphatic carbocycles. The third kappa shape index (κ3) is 7.84. The molecule has 0 bridgehead atoms. The molecule has 2 aromatic rings. The Morgan fingerprint density at radius 1 is 0.929 bits per heavy atom. The second-order valence-corrected chi connectivity index (χ2v) is 8.79. The second-order valence-electron chi connectivity index (χ2n) is 6.89. The van der Waals surface area contributed by atoms with Gasteiger partial charge in [-0.2, -0.15) is 0 Å². The maximum atomic E-state index is 11.0. The highest BCUT2D eigenvalue weighted by Crippen LogP contribution is 2.32. The Labute approximate surface area is 168 Å². The first-order valence-electron chi connectivity index (χ1n) is 8.44. The van der Waals surface area contributed by atoms with Crippen LogP contribution < -0.4 is 4.74 Å². The van der Waals surface area contributed by atoms with Gasteiger partial charge in [-0.25, -0.2) is 9.59 Å². The molecule has 6 nitrogen and oxygen atoms in total. The predicted octanol–water partition coefficient (Wildman–Crippen LogP) is 4.89. The van der Waals surface area contributed by atoms with Gasteiger partial charge in [0, 0.05) is 16.6 Å². The highest BCUT2D eigenvalue weighted by atomic mass is 32.2. The number of carbonyl (C=O) groups is 3. The van der Waals surface area contributed by atoms with Gasteiger partial charge >= 0.3 is 17.9 Å². The van der Waals surface area contributed by atoms with Gasteiger partial charge in [0.25, 0.3) is 0 Å². The summed E-state index contributed by atoms with van der Waals surface area (Å²) in [5.41, 5.74) is 0.616. The molecule has 2 N–H and O–H groups in total. The number of para-hydroxylation sites is 1. The van der Waals surface area contributed by atoms with Gasteiger partial charge in [-0.1, -0.05) is 39.0 Å². The molecule has 2 aromatic carbocycles. The van der Waals surface area contributed by atoms with Crippen LogP contribution in [0.5, 0.6) is 5.75 Å². The number of thioether (sulfide) groups is 1. The van der Waals surface area contributed by atoms with Crippen molar-refractivity contribution in [1.29, 1.82) is 0 Å². The number of carboxylic acid groups (broad SMARTS) is 2. The molecule has 0 saturated carbocycles. The fourth-order valence-corrected chi connectivity index (χ4v) is 3.15. The van der Waals surface area contributed by atoms with Crippen LogP contribution >= 0.6 is 11.8 Å².